The highest BCUT2D eigenvalue weighted by molar-refractivity contribution is 6.08. The molecule has 1 aromatic heterocycles. The lowest BCUT2D eigenvalue weighted by atomic mass is 10.1. The highest BCUT2D eigenvalue weighted by atomic mass is 16.6. The minimum absolute atomic E-state index is 0.160. The number of furan rings is 1. The van der Waals surface area contributed by atoms with Gasteiger partial charge in [0, 0.05) is 5.39 Å². The molecule has 0 saturated heterocycles. The van der Waals surface area contributed by atoms with Gasteiger partial charge in [0.2, 0.25) is 0 Å². The summed E-state index contributed by atoms with van der Waals surface area (Å²) in [6, 6.07) is 20.3. The number of fused-ring (bicyclic) bond motifs is 3. The zero-order valence-corrected chi connectivity index (χ0v) is 16.1. The van der Waals surface area contributed by atoms with Gasteiger partial charge < -0.3 is 13.9 Å². The quantitative estimate of drug-likeness (QED) is 0.300. The molecule has 0 aliphatic heterocycles. The van der Waals surface area contributed by atoms with E-state index in [0.29, 0.717) is 11.3 Å². The molecule has 0 spiro atoms. The van der Waals surface area contributed by atoms with Gasteiger partial charge in [-0.15, -0.1) is 0 Å². The first-order chi connectivity index (χ1) is 14.6. The Morgan fingerprint density at radius 1 is 1.03 bits per heavy atom. The van der Waals surface area contributed by atoms with Crippen molar-refractivity contribution in [3.63, 3.8) is 0 Å². The van der Waals surface area contributed by atoms with E-state index in [-0.39, 0.29) is 12.4 Å². The molecular weight excluding hydrogens is 384 g/mol. The Morgan fingerprint density at radius 2 is 1.83 bits per heavy atom. The lowest BCUT2D eigenvalue weighted by Gasteiger charge is -2.04. The number of hydrogen-bond acceptors (Lipinski definition) is 6. The Hall–Kier alpha value is -4.13. The van der Waals surface area contributed by atoms with Crippen molar-refractivity contribution in [1.29, 1.82) is 0 Å². The van der Waals surface area contributed by atoms with Gasteiger partial charge in [0.15, 0.2) is 12.4 Å². The number of hydrazone groups is 1. The number of rotatable bonds is 6. The van der Waals surface area contributed by atoms with E-state index in [4.69, 9.17) is 9.15 Å². The van der Waals surface area contributed by atoms with E-state index in [0.717, 1.165) is 21.7 Å². The lowest BCUT2D eigenvalue weighted by Crippen LogP contribution is -2.16. The highest BCUT2D eigenvalue weighted by Gasteiger charge is 2.13. The van der Waals surface area contributed by atoms with Crippen LogP contribution in [-0.4, -0.2) is 31.8 Å². The van der Waals surface area contributed by atoms with Gasteiger partial charge in [0.25, 0.3) is 0 Å². The Balaban J connectivity index is 1.41. The number of esters is 1. The van der Waals surface area contributed by atoms with Gasteiger partial charge in [-0.1, -0.05) is 30.3 Å². The van der Waals surface area contributed by atoms with E-state index in [1.165, 1.54) is 13.3 Å². The second kappa shape index (κ2) is 8.48. The van der Waals surface area contributed by atoms with Crippen molar-refractivity contribution in [2.75, 3.05) is 13.7 Å². The smallest absolute Gasteiger partial charge is 0.343 e. The van der Waals surface area contributed by atoms with Crippen LogP contribution in [0.3, 0.4) is 0 Å². The number of hydrogen-bond donors (Lipinski definition) is 1. The van der Waals surface area contributed by atoms with Crippen LogP contribution < -0.4 is 10.2 Å². The number of carbonyl (C=O) groups excluding carboxylic acids is 2. The molecule has 0 bridgehead atoms. The molecule has 7 nitrogen and oxygen atoms in total. The Morgan fingerprint density at radius 3 is 2.63 bits per heavy atom. The van der Waals surface area contributed by atoms with Crippen LogP contribution in [0.5, 0.6) is 5.75 Å². The molecule has 0 aliphatic rings. The van der Waals surface area contributed by atoms with Crippen molar-refractivity contribution in [3.8, 4) is 5.75 Å². The first-order valence-corrected chi connectivity index (χ1v) is 9.18. The van der Waals surface area contributed by atoms with Crippen LogP contribution in [0, 0.1) is 0 Å². The van der Waals surface area contributed by atoms with Gasteiger partial charge in [0.1, 0.15) is 11.3 Å². The van der Waals surface area contributed by atoms with Crippen LogP contribution in [0.25, 0.3) is 21.7 Å². The van der Waals surface area contributed by atoms with E-state index in [1.807, 2.05) is 36.4 Å². The van der Waals surface area contributed by atoms with Gasteiger partial charge in [-0.05, 0) is 52.7 Å². The maximum atomic E-state index is 12.4. The summed E-state index contributed by atoms with van der Waals surface area (Å²) < 4.78 is 15.5. The molecule has 0 saturated carbocycles. The third-order valence-electron chi connectivity index (χ3n) is 4.49. The third-order valence-corrected chi connectivity index (χ3v) is 4.49. The molecule has 1 heterocycles. The van der Waals surface area contributed by atoms with Gasteiger partial charge in [-0.3, -0.25) is 4.79 Å². The van der Waals surface area contributed by atoms with Crippen molar-refractivity contribution >= 4 is 39.8 Å². The van der Waals surface area contributed by atoms with Crippen molar-refractivity contribution < 1.29 is 23.5 Å². The lowest BCUT2D eigenvalue weighted by molar-refractivity contribution is -0.142. The molecule has 0 aliphatic carbocycles. The second-order valence-corrected chi connectivity index (χ2v) is 6.44. The molecule has 4 aromatic rings. The van der Waals surface area contributed by atoms with Crippen LogP contribution >= 0.6 is 0 Å². The number of benzene rings is 3. The predicted molar refractivity (Wildman–Crippen MR) is 113 cm³/mol. The van der Waals surface area contributed by atoms with Crippen molar-refractivity contribution in [2.45, 2.75) is 0 Å². The van der Waals surface area contributed by atoms with Crippen LogP contribution in [0.4, 0.5) is 0 Å². The third kappa shape index (κ3) is 4.15. The Kier molecular flexibility index (Phi) is 5.43. The fraction of sp³-hybridized carbons (Fsp3) is 0.0870. The van der Waals surface area contributed by atoms with E-state index < -0.39 is 11.9 Å². The first-order valence-electron chi connectivity index (χ1n) is 9.18. The second-order valence-electron chi connectivity index (χ2n) is 6.44. The summed E-state index contributed by atoms with van der Waals surface area (Å²) in [6.07, 6.45) is 1.50. The molecule has 1 amide bonds. The number of amides is 1. The number of carbonyl (C=O) groups is 2. The maximum Gasteiger partial charge on any atom is 0.343 e. The summed E-state index contributed by atoms with van der Waals surface area (Å²) in [6.45, 7) is -0.160. The molecule has 0 unspecified atom stereocenters. The largest absolute Gasteiger partial charge is 0.482 e. The van der Waals surface area contributed by atoms with Crippen LogP contribution in [0.2, 0.25) is 0 Å². The molecule has 30 heavy (non-hydrogen) atoms. The van der Waals surface area contributed by atoms with E-state index in [1.54, 1.807) is 30.3 Å². The topological polar surface area (TPSA) is 90.1 Å². The van der Waals surface area contributed by atoms with Gasteiger partial charge in [-0.25, -0.2) is 10.2 Å². The maximum absolute atomic E-state index is 12.4. The summed E-state index contributed by atoms with van der Waals surface area (Å²) in [7, 11) is 1.30. The normalized spacial score (nSPS) is 11.1. The summed E-state index contributed by atoms with van der Waals surface area (Å²) in [4.78, 5) is 23.5. The predicted octanol–water partition coefficient (Wildman–Crippen LogP) is 3.90. The van der Waals surface area contributed by atoms with E-state index in [2.05, 4.69) is 15.3 Å². The minimum Gasteiger partial charge on any atom is -0.482 e. The average molecular weight is 402 g/mol. The molecule has 0 radical (unpaired) electrons. The van der Waals surface area contributed by atoms with E-state index in [9.17, 15) is 9.59 Å². The molecule has 3 aromatic carbocycles. The van der Waals surface area contributed by atoms with Crippen molar-refractivity contribution in [1.82, 2.24) is 5.43 Å². The molecular formula is C23H18N2O5. The van der Waals surface area contributed by atoms with Crippen LogP contribution in [0.1, 0.15) is 16.1 Å². The Bertz CT molecular complexity index is 1240. The molecule has 1 N–H and O–H groups in total. The molecule has 0 atom stereocenters. The first kappa shape index (κ1) is 19.2. The number of nitrogens with zero attached hydrogens (tertiary/aromatic N) is 1. The summed E-state index contributed by atoms with van der Waals surface area (Å²) in [5, 5.41) is 6.95. The fourth-order valence-electron chi connectivity index (χ4n) is 2.98. The minimum atomic E-state index is -0.457. The highest BCUT2D eigenvalue weighted by Crippen LogP contribution is 2.28. The van der Waals surface area contributed by atoms with Gasteiger partial charge in [-0.2, -0.15) is 5.10 Å². The summed E-state index contributed by atoms with van der Waals surface area (Å²) in [5.74, 6) is -0.187. The monoisotopic (exact) mass is 402 g/mol. The standard InChI is InChI=1S/C23H18N2O5/c1-28-22(26)14-29-17-9-6-15(7-10-17)13-24-25-23(27)21-12-19-18-5-3-2-4-16(18)8-11-20(19)30-21/h2-13H,14H2,1H3,(H,25,27)/b24-13+. The zero-order chi connectivity index (χ0) is 20.9. The van der Waals surface area contributed by atoms with E-state index >= 15 is 0 Å². The number of methoxy groups -OCH3 is 1. The van der Waals surface area contributed by atoms with Gasteiger partial charge in [0.05, 0.1) is 13.3 Å². The van der Waals surface area contributed by atoms with Gasteiger partial charge >= 0.3 is 11.9 Å². The molecule has 7 heteroatoms. The number of ether oxygens (including phenoxy) is 2. The molecule has 0 fully saturated rings. The summed E-state index contributed by atoms with van der Waals surface area (Å²) >= 11 is 0. The van der Waals surface area contributed by atoms with Crippen LogP contribution in [0.15, 0.2) is 76.2 Å². The Labute approximate surface area is 171 Å². The molecule has 150 valence electrons. The molecule has 4 rings (SSSR count). The zero-order valence-electron chi connectivity index (χ0n) is 16.1. The van der Waals surface area contributed by atoms with Crippen molar-refractivity contribution in [2.24, 2.45) is 5.10 Å². The SMILES string of the molecule is COC(=O)COc1ccc(/C=N/NC(=O)c2cc3c(ccc4ccccc43)o2)cc1. The van der Waals surface area contributed by atoms with Crippen molar-refractivity contribution in [3.05, 3.63) is 78.1 Å². The van der Waals surface area contributed by atoms with Crippen LogP contribution in [-0.2, 0) is 9.53 Å². The number of nitrogens with one attached hydrogen (secondary N) is 1. The summed E-state index contributed by atoms with van der Waals surface area (Å²) in [5.41, 5.74) is 3.85. The average Bonchev–Trinajstić information content (AvgIpc) is 3.23. The fourth-order valence-corrected chi connectivity index (χ4v) is 2.98.